The number of aromatic nitrogens is 2. The van der Waals surface area contributed by atoms with Gasteiger partial charge in [-0.25, -0.2) is 9.37 Å². The molecule has 0 saturated carbocycles. The molecular formula is C47H47ClFN9O6. The number of anilines is 6. The van der Waals surface area contributed by atoms with Crippen molar-refractivity contribution in [2.24, 2.45) is 0 Å². The predicted molar refractivity (Wildman–Crippen MR) is 242 cm³/mol. The molecule has 2 aliphatic heterocycles. The lowest BCUT2D eigenvalue weighted by molar-refractivity contribution is -0.136. The minimum Gasteiger partial charge on any atom is -0.384 e. The number of benzene rings is 4. The maximum absolute atomic E-state index is 14.7. The van der Waals surface area contributed by atoms with Crippen LogP contribution in [0.15, 0.2) is 97.2 Å². The van der Waals surface area contributed by atoms with E-state index in [1.165, 1.54) is 0 Å². The number of para-hydroxylation sites is 1. The van der Waals surface area contributed by atoms with Crippen LogP contribution in [-0.4, -0.2) is 69.4 Å². The van der Waals surface area contributed by atoms with Crippen LogP contribution in [0.5, 0.6) is 0 Å². The van der Waals surface area contributed by atoms with E-state index in [1.807, 2.05) is 0 Å². The summed E-state index contributed by atoms with van der Waals surface area (Å²) < 4.78 is 14.7. The largest absolute Gasteiger partial charge is 0.384 e. The third kappa shape index (κ3) is 11.2. The Labute approximate surface area is 374 Å². The molecule has 6 amide bonds. The van der Waals surface area contributed by atoms with Crippen molar-refractivity contribution in [2.45, 2.75) is 70.3 Å². The van der Waals surface area contributed by atoms with E-state index in [4.69, 9.17) is 11.6 Å². The molecule has 1 saturated heterocycles. The molecule has 0 radical (unpaired) electrons. The van der Waals surface area contributed by atoms with E-state index in [9.17, 15) is 33.2 Å². The van der Waals surface area contributed by atoms with Crippen LogP contribution in [0.2, 0.25) is 5.02 Å². The van der Waals surface area contributed by atoms with Crippen LogP contribution >= 0.6 is 11.6 Å². The Bertz CT molecular complexity index is 2540. The van der Waals surface area contributed by atoms with Gasteiger partial charge in [0, 0.05) is 47.7 Å². The van der Waals surface area contributed by atoms with Gasteiger partial charge < -0.3 is 26.6 Å². The van der Waals surface area contributed by atoms with Gasteiger partial charge >= 0.3 is 0 Å². The van der Waals surface area contributed by atoms with Crippen molar-refractivity contribution in [3.63, 3.8) is 0 Å². The number of hydrogen-bond donors (Lipinski definition) is 6. The topological polar surface area (TPSA) is 204 Å². The summed E-state index contributed by atoms with van der Waals surface area (Å²) in [5, 5.41) is 17.6. The standard InChI is InChI=1S/C47H47ClFN9O6/c48-34-13-7-8-14-36(34)55-43(61)30-18-20-31(21-19-30)53-41-35(49)28-52-47(57-41)54-32-22-16-29(17-23-32)42(60)51-27-10-6-4-2-1-3-5-9-26-50-37-15-11-12-33-40(37)46(64)58(45(33)63)38-24-25-39(59)56-44(38)62/h7-8,11-23,28,38,50H,1-6,9-10,24-27H2,(H,51,60)(H,55,61)(H,56,59,62)(H2,52,53,54,57). The maximum atomic E-state index is 14.7. The molecule has 1 atom stereocenters. The molecule has 3 heterocycles. The highest BCUT2D eigenvalue weighted by Gasteiger charge is 2.45. The number of rotatable bonds is 20. The average molecular weight is 888 g/mol. The van der Waals surface area contributed by atoms with E-state index < -0.39 is 35.5 Å². The van der Waals surface area contributed by atoms with Crippen LogP contribution in [0.25, 0.3) is 0 Å². The van der Waals surface area contributed by atoms with Crippen molar-refractivity contribution in [1.29, 1.82) is 0 Å². The van der Waals surface area contributed by atoms with Crippen molar-refractivity contribution in [3.05, 3.63) is 130 Å². The van der Waals surface area contributed by atoms with Gasteiger partial charge in [-0.15, -0.1) is 0 Å². The van der Waals surface area contributed by atoms with Crippen LogP contribution in [0.1, 0.15) is 106 Å². The fourth-order valence-electron chi connectivity index (χ4n) is 7.45. The molecule has 0 bridgehead atoms. The quantitative estimate of drug-likeness (QED) is 0.0324. The number of halogens is 2. The summed E-state index contributed by atoms with van der Waals surface area (Å²) in [6, 6.07) is 24.2. The molecule has 1 aromatic heterocycles. The number of nitrogens with one attached hydrogen (secondary N) is 6. The van der Waals surface area contributed by atoms with E-state index >= 15 is 0 Å². The van der Waals surface area contributed by atoms with Crippen LogP contribution < -0.4 is 31.9 Å². The molecule has 6 N–H and O–H groups in total. The van der Waals surface area contributed by atoms with Crippen molar-refractivity contribution in [2.75, 3.05) is 34.4 Å². The Hall–Kier alpha value is -7.20. The second-order valence-electron chi connectivity index (χ2n) is 15.4. The monoisotopic (exact) mass is 887 g/mol. The smallest absolute Gasteiger partial charge is 0.264 e. The molecule has 1 fully saturated rings. The molecule has 17 heteroatoms. The molecule has 5 aromatic rings. The summed E-state index contributed by atoms with van der Waals surface area (Å²) in [5.74, 6) is -3.20. The van der Waals surface area contributed by atoms with Gasteiger partial charge in [-0.2, -0.15) is 4.98 Å². The highest BCUT2D eigenvalue weighted by Crippen LogP contribution is 2.32. The Morgan fingerprint density at radius 1 is 0.719 bits per heavy atom. The lowest BCUT2D eigenvalue weighted by Crippen LogP contribution is -2.54. The second kappa shape index (κ2) is 21.3. The molecule has 15 nitrogen and oxygen atoms in total. The van der Waals surface area contributed by atoms with Crippen LogP contribution in [0.3, 0.4) is 0 Å². The van der Waals surface area contributed by atoms with Crippen molar-refractivity contribution < 1.29 is 33.2 Å². The second-order valence-corrected chi connectivity index (χ2v) is 15.8. The first kappa shape index (κ1) is 44.8. The molecule has 64 heavy (non-hydrogen) atoms. The van der Waals surface area contributed by atoms with E-state index in [-0.39, 0.29) is 47.5 Å². The van der Waals surface area contributed by atoms with Crippen LogP contribution in [0.4, 0.5) is 38.9 Å². The van der Waals surface area contributed by atoms with Gasteiger partial charge in [0.05, 0.1) is 28.0 Å². The Kier molecular flexibility index (Phi) is 14.9. The fourth-order valence-corrected chi connectivity index (χ4v) is 7.63. The summed E-state index contributed by atoms with van der Waals surface area (Å²) in [5.41, 5.74) is 3.57. The van der Waals surface area contributed by atoms with E-state index in [1.54, 1.807) is 91.0 Å². The minimum absolute atomic E-state index is 0.0667. The minimum atomic E-state index is -0.997. The van der Waals surface area contributed by atoms with E-state index in [0.717, 1.165) is 62.5 Å². The molecule has 0 aliphatic carbocycles. The van der Waals surface area contributed by atoms with Crippen molar-refractivity contribution >= 4 is 81.6 Å². The summed E-state index contributed by atoms with van der Waals surface area (Å²) in [6.07, 6.45) is 9.27. The number of imide groups is 2. The number of unbranched alkanes of at least 4 members (excludes halogenated alkanes) is 7. The lowest BCUT2D eigenvalue weighted by Gasteiger charge is -2.27. The highest BCUT2D eigenvalue weighted by molar-refractivity contribution is 6.34. The Morgan fingerprint density at radius 2 is 1.34 bits per heavy atom. The van der Waals surface area contributed by atoms with Crippen LogP contribution in [-0.2, 0) is 9.59 Å². The fraction of sp³-hybridized carbons (Fsp3) is 0.277. The summed E-state index contributed by atoms with van der Waals surface area (Å²) in [7, 11) is 0. The number of amides is 6. The molecule has 2 aliphatic rings. The summed E-state index contributed by atoms with van der Waals surface area (Å²) >= 11 is 6.14. The van der Waals surface area contributed by atoms with Gasteiger partial charge in [0.15, 0.2) is 11.6 Å². The predicted octanol–water partition coefficient (Wildman–Crippen LogP) is 8.37. The summed E-state index contributed by atoms with van der Waals surface area (Å²) in [4.78, 5) is 85.0. The first-order chi connectivity index (χ1) is 31.0. The van der Waals surface area contributed by atoms with Gasteiger partial charge in [-0.1, -0.05) is 68.3 Å². The van der Waals surface area contributed by atoms with Gasteiger partial charge in [0.2, 0.25) is 17.8 Å². The number of fused-ring (bicyclic) bond motifs is 1. The molecular weight excluding hydrogens is 841 g/mol. The zero-order valence-corrected chi connectivity index (χ0v) is 35.6. The molecule has 330 valence electrons. The van der Waals surface area contributed by atoms with Crippen molar-refractivity contribution in [1.82, 2.24) is 25.5 Å². The number of hydrogen-bond acceptors (Lipinski definition) is 11. The molecule has 7 rings (SSSR count). The molecule has 0 spiro atoms. The summed E-state index contributed by atoms with van der Waals surface area (Å²) in [6.45, 7) is 1.19. The highest BCUT2D eigenvalue weighted by atomic mass is 35.5. The number of nitrogens with zero attached hydrogens (tertiary/aromatic N) is 3. The van der Waals surface area contributed by atoms with E-state index in [0.29, 0.717) is 52.0 Å². The third-order valence-corrected chi connectivity index (χ3v) is 11.2. The number of carbonyl (C=O) groups excluding carboxylic acids is 6. The number of piperidine rings is 1. The SMILES string of the molecule is O=C1CCC(N2C(=O)c3cccc(NCCCCCCCCCCNC(=O)c4ccc(Nc5ncc(F)c(Nc6ccc(C(=O)Nc7ccccc7Cl)cc6)n5)cc4)c3C2=O)C(=O)N1. The molecule has 1 unspecified atom stereocenters. The molecule has 4 aromatic carbocycles. The third-order valence-electron chi connectivity index (χ3n) is 10.9. The van der Waals surface area contributed by atoms with Gasteiger partial charge in [0.25, 0.3) is 23.6 Å². The van der Waals surface area contributed by atoms with Crippen LogP contribution in [0, 0.1) is 5.82 Å². The van der Waals surface area contributed by atoms with Gasteiger partial charge in [0.1, 0.15) is 6.04 Å². The zero-order valence-electron chi connectivity index (χ0n) is 34.8. The normalized spacial score (nSPS) is 14.5. The maximum Gasteiger partial charge on any atom is 0.264 e. The zero-order chi connectivity index (χ0) is 45.0. The Balaban J connectivity index is 0.752. The van der Waals surface area contributed by atoms with Gasteiger partial charge in [-0.05, 0) is 92.1 Å². The Morgan fingerprint density at radius 3 is 2.03 bits per heavy atom. The first-order valence-corrected chi connectivity index (χ1v) is 21.6. The first-order valence-electron chi connectivity index (χ1n) is 21.2. The lowest BCUT2D eigenvalue weighted by atomic mass is 10.0. The van der Waals surface area contributed by atoms with E-state index in [2.05, 4.69) is 41.9 Å². The number of carbonyl (C=O) groups is 6. The van der Waals surface area contributed by atoms with Gasteiger partial charge in [-0.3, -0.25) is 39.0 Å². The average Bonchev–Trinajstić information content (AvgIpc) is 3.55. The van der Waals surface area contributed by atoms with Crippen molar-refractivity contribution in [3.8, 4) is 0 Å².